The predicted molar refractivity (Wildman–Crippen MR) is 119 cm³/mol. The molecule has 2 aromatic heterocycles. The quantitative estimate of drug-likeness (QED) is 0.397. The van der Waals surface area contributed by atoms with Gasteiger partial charge in [-0.1, -0.05) is 24.3 Å². The number of alkyl halides is 3. The topological polar surface area (TPSA) is 51.3 Å². The number of nitrogens with zero attached hydrogens (tertiary/aromatic N) is 3. The van der Waals surface area contributed by atoms with E-state index in [1.165, 1.54) is 16.5 Å². The zero-order chi connectivity index (χ0) is 23.4. The molecule has 6 rings (SSSR count). The summed E-state index contributed by atoms with van der Waals surface area (Å²) in [5.41, 5.74) is 3.66. The Kier molecular flexibility index (Phi) is 4.65. The van der Waals surface area contributed by atoms with Crippen molar-refractivity contribution >= 4 is 5.91 Å². The summed E-state index contributed by atoms with van der Waals surface area (Å²) in [7, 11) is 0. The van der Waals surface area contributed by atoms with E-state index < -0.39 is 11.9 Å². The summed E-state index contributed by atoms with van der Waals surface area (Å²) >= 11 is 0. The van der Waals surface area contributed by atoms with Crippen molar-refractivity contribution < 1.29 is 22.4 Å². The van der Waals surface area contributed by atoms with Gasteiger partial charge < -0.3 is 9.32 Å². The molecular weight excluding hydrogens is 443 g/mol. The van der Waals surface area contributed by atoms with Gasteiger partial charge >= 0.3 is 6.18 Å². The van der Waals surface area contributed by atoms with Gasteiger partial charge in [0.1, 0.15) is 5.76 Å². The number of fused-ring (bicyclic) bond motifs is 4. The number of benzene rings is 2. The SMILES string of the molecule is O=C(c1ccc(-n2nc(C(F)(F)F)c3c2-c2ccoc2CC3)cc1)N1CCc2ccccc2C1. The second-order valence-corrected chi connectivity index (χ2v) is 8.64. The highest BCUT2D eigenvalue weighted by Gasteiger charge is 2.41. The van der Waals surface area contributed by atoms with Crippen LogP contribution in [0.3, 0.4) is 0 Å². The number of amides is 1. The summed E-state index contributed by atoms with van der Waals surface area (Å²) in [6, 6.07) is 16.3. The molecule has 8 heteroatoms. The Labute approximate surface area is 193 Å². The minimum atomic E-state index is -4.56. The molecule has 0 N–H and O–H groups in total. The smallest absolute Gasteiger partial charge is 0.435 e. The summed E-state index contributed by atoms with van der Waals surface area (Å²) in [6.07, 6.45) is -1.67. The van der Waals surface area contributed by atoms with Crippen LogP contribution in [0.25, 0.3) is 16.9 Å². The molecule has 3 heterocycles. The van der Waals surface area contributed by atoms with Crippen LogP contribution in [-0.2, 0) is 32.0 Å². The summed E-state index contributed by atoms with van der Waals surface area (Å²) in [5, 5.41) is 3.96. The number of furan rings is 1. The van der Waals surface area contributed by atoms with Crippen molar-refractivity contribution in [2.45, 2.75) is 32.0 Å². The van der Waals surface area contributed by atoms with Gasteiger partial charge in [0.05, 0.1) is 17.6 Å². The van der Waals surface area contributed by atoms with Gasteiger partial charge in [0.2, 0.25) is 0 Å². The Hall–Kier alpha value is -3.81. The minimum Gasteiger partial charge on any atom is -0.469 e. The molecule has 34 heavy (non-hydrogen) atoms. The molecule has 0 saturated carbocycles. The van der Waals surface area contributed by atoms with Crippen molar-refractivity contribution in [1.29, 1.82) is 0 Å². The molecule has 4 aromatic rings. The lowest BCUT2D eigenvalue weighted by atomic mass is 9.94. The number of hydrogen-bond acceptors (Lipinski definition) is 3. The molecule has 1 aliphatic heterocycles. The summed E-state index contributed by atoms with van der Waals surface area (Å²) in [4.78, 5) is 14.9. The van der Waals surface area contributed by atoms with E-state index in [1.807, 2.05) is 18.2 Å². The van der Waals surface area contributed by atoms with Gasteiger partial charge in [0, 0.05) is 36.2 Å². The first kappa shape index (κ1) is 20.8. The van der Waals surface area contributed by atoms with Crippen LogP contribution in [0.15, 0.2) is 65.3 Å². The van der Waals surface area contributed by atoms with Crippen LogP contribution in [0.2, 0.25) is 0 Å². The zero-order valence-electron chi connectivity index (χ0n) is 18.1. The molecule has 2 aliphatic rings. The fraction of sp³-hybridized carbons (Fsp3) is 0.231. The first-order chi connectivity index (χ1) is 16.4. The summed E-state index contributed by atoms with van der Waals surface area (Å²) in [5.74, 6) is 0.552. The molecule has 0 spiro atoms. The van der Waals surface area contributed by atoms with Crippen LogP contribution in [0.4, 0.5) is 13.2 Å². The number of carbonyl (C=O) groups is 1. The van der Waals surface area contributed by atoms with Crippen molar-refractivity contribution in [3.8, 4) is 16.9 Å². The molecule has 1 aliphatic carbocycles. The molecule has 0 radical (unpaired) electrons. The van der Waals surface area contributed by atoms with Gasteiger partial charge in [-0.3, -0.25) is 4.79 Å². The second kappa shape index (κ2) is 7.62. The average Bonchev–Trinajstić information content (AvgIpc) is 3.48. The molecule has 0 saturated heterocycles. The predicted octanol–water partition coefficient (Wildman–Crippen LogP) is 5.45. The van der Waals surface area contributed by atoms with Crippen molar-refractivity contribution in [1.82, 2.24) is 14.7 Å². The highest BCUT2D eigenvalue weighted by molar-refractivity contribution is 5.94. The van der Waals surface area contributed by atoms with E-state index in [0.29, 0.717) is 47.8 Å². The fourth-order valence-corrected chi connectivity index (χ4v) is 4.96. The molecular formula is C26H20F3N3O2. The number of aromatic nitrogens is 2. The largest absolute Gasteiger partial charge is 0.469 e. The maximum Gasteiger partial charge on any atom is 0.435 e. The number of halogens is 3. The van der Waals surface area contributed by atoms with Gasteiger partial charge in [-0.05, 0) is 54.3 Å². The van der Waals surface area contributed by atoms with Crippen molar-refractivity contribution in [3.05, 3.63) is 94.6 Å². The minimum absolute atomic E-state index is 0.100. The third-order valence-corrected chi connectivity index (χ3v) is 6.63. The first-order valence-electron chi connectivity index (χ1n) is 11.1. The number of rotatable bonds is 2. The fourth-order valence-electron chi connectivity index (χ4n) is 4.96. The standard InChI is InChI=1S/C26H20F3N3O2/c27-26(28,29)24-21-9-10-22-20(12-14-34-22)23(21)32(30-24)19-7-5-17(6-8-19)25(33)31-13-11-16-3-1-2-4-18(16)15-31/h1-8,12,14H,9-11,13,15H2. The van der Waals surface area contributed by atoms with Crippen LogP contribution in [0, 0.1) is 0 Å². The Morgan fingerprint density at radius 2 is 1.71 bits per heavy atom. The first-order valence-corrected chi connectivity index (χ1v) is 11.1. The highest BCUT2D eigenvalue weighted by atomic mass is 19.4. The van der Waals surface area contributed by atoms with Gasteiger partial charge in [0.25, 0.3) is 5.91 Å². The maximum absolute atomic E-state index is 13.7. The van der Waals surface area contributed by atoms with E-state index in [2.05, 4.69) is 11.2 Å². The van der Waals surface area contributed by atoms with Crippen molar-refractivity contribution in [3.63, 3.8) is 0 Å². The number of hydrogen-bond donors (Lipinski definition) is 0. The van der Waals surface area contributed by atoms with Crippen LogP contribution in [0.1, 0.15) is 38.5 Å². The van der Waals surface area contributed by atoms with Crippen molar-refractivity contribution in [2.24, 2.45) is 0 Å². The molecule has 0 bridgehead atoms. The maximum atomic E-state index is 13.7. The molecule has 1 amide bonds. The Bertz CT molecular complexity index is 1400. The lowest BCUT2D eigenvalue weighted by molar-refractivity contribution is -0.142. The molecule has 0 atom stereocenters. The zero-order valence-corrected chi connectivity index (χ0v) is 18.1. The lowest BCUT2D eigenvalue weighted by Gasteiger charge is -2.29. The van der Waals surface area contributed by atoms with Crippen LogP contribution in [0.5, 0.6) is 0 Å². The summed E-state index contributed by atoms with van der Waals surface area (Å²) in [6.45, 7) is 1.17. The number of aryl methyl sites for hydroxylation is 1. The average molecular weight is 463 g/mol. The molecule has 2 aromatic carbocycles. The number of carbonyl (C=O) groups excluding carboxylic acids is 1. The Morgan fingerprint density at radius 3 is 2.47 bits per heavy atom. The van der Waals surface area contributed by atoms with Crippen LogP contribution < -0.4 is 0 Å². The van der Waals surface area contributed by atoms with E-state index in [-0.39, 0.29) is 17.9 Å². The van der Waals surface area contributed by atoms with E-state index in [1.54, 1.807) is 35.2 Å². The third-order valence-electron chi connectivity index (χ3n) is 6.63. The Morgan fingerprint density at radius 1 is 0.941 bits per heavy atom. The lowest BCUT2D eigenvalue weighted by Crippen LogP contribution is -2.35. The van der Waals surface area contributed by atoms with Gasteiger partial charge in [-0.15, -0.1) is 0 Å². The van der Waals surface area contributed by atoms with E-state index >= 15 is 0 Å². The molecule has 0 unspecified atom stereocenters. The summed E-state index contributed by atoms with van der Waals surface area (Å²) < 4.78 is 48.0. The van der Waals surface area contributed by atoms with E-state index in [4.69, 9.17) is 4.42 Å². The highest BCUT2D eigenvalue weighted by Crippen LogP contribution is 2.42. The second-order valence-electron chi connectivity index (χ2n) is 8.64. The molecule has 0 fully saturated rings. The van der Waals surface area contributed by atoms with Crippen LogP contribution >= 0.6 is 0 Å². The van der Waals surface area contributed by atoms with Gasteiger partial charge in [0.15, 0.2) is 5.69 Å². The monoisotopic (exact) mass is 463 g/mol. The Balaban J connectivity index is 1.34. The molecule has 172 valence electrons. The normalized spacial score (nSPS) is 15.0. The van der Waals surface area contributed by atoms with E-state index in [0.717, 1.165) is 12.0 Å². The van der Waals surface area contributed by atoms with Crippen molar-refractivity contribution in [2.75, 3.05) is 6.54 Å². The van der Waals surface area contributed by atoms with E-state index in [9.17, 15) is 18.0 Å². The molecule has 5 nitrogen and oxygen atoms in total. The van der Waals surface area contributed by atoms with Gasteiger partial charge in [-0.2, -0.15) is 18.3 Å². The van der Waals surface area contributed by atoms with Gasteiger partial charge in [-0.25, -0.2) is 4.68 Å². The van der Waals surface area contributed by atoms with Crippen LogP contribution in [-0.4, -0.2) is 27.1 Å². The third kappa shape index (κ3) is 3.32.